The van der Waals surface area contributed by atoms with E-state index in [0.717, 1.165) is 6.42 Å². The van der Waals surface area contributed by atoms with Gasteiger partial charge in [-0.05, 0) is 18.6 Å². The Morgan fingerprint density at radius 3 is 2.84 bits per heavy atom. The highest BCUT2D eigenvalue weighted by molar-refractivity contribution is 5.95. The van der Waals surface area contributed by atoms with E-state index in [1.54, 1.807) is 4.90 Å². The van der Waals surface area contributed by atoms with Crippen molar-refractivity contribution in [3.05, 3.63) is 33.9 Å². The fourth-order valence-corrected chi connectivity index (χ4v) is 2.12. The smallest absolute Gasteiger partial charge is 0.311 e. The van der Waals surface area contributed by atoms with Crippen molar-refractivity contribution in [2.24, 2.45) is 5.73 Å². The number of benzene rings is 1. The number of methoxy groups -OCH3 is 1. The molecule has 0 aromatic heterocycles. The average Bonchev–Trinajstić information content (AvgIpc) is 2.83. The number of amides is 1. The van der Waals surface area contributed by atoms with Crippen LogP contribution in [0.4, 0.5) is 5.69 Å². The first-order valence-electron chi connectivity index (χ1n) is 5.90. The minimum atomic E-state index is -0.564. The molecule has 0 bridgehead atoms. The van der Waals surface area contributed by atoms with E-state index in [-0.39, 0.29) is 28.9 Å². The molecule has 1 aliphatic rings. The van der Waals surface area contributed by atoms with Crippen molar-refractivity contribution < 1.29 is 14.5 Å². The lowest BCUT2D eigenvalue weighted by Gasteiger charge is -2.15. The molecule has 0 aliphatic carbocycles. The third-order valence-electron chi connectivity index (χ3n) is 3.13. The topological polar surface area (TPSA) is 98.7 Å². The van der Waals surface area contributed by atoms with Crippen molar-refractivity contribution in [2.75, 3.05) is 20.2 Å². The Morgan fingerprint density at radius 2 is 2.32 bits per heavy atom. The van der Waals surface area contributed by atoms with Crippen LogP contribution in [-0.4, -0.2) is 42.0 Å². The Balaban J connectivity index is 2.28. The monoisotopic (exact) mass is 265 g/mol. The number of hydrogen-bond acceptors (Lipinski definition) is 5. The molecule has 1 aromatic carbocycles. The summed E-state index contributed by atoms with van der Waals surface area (Å²) >= 11 is 0. The molecule has 0 saturated carbocycles. The lowest BCUT2D eigenvalue weighted by molar-refractivity contribution is -0.385. The van der Waals surface area contributed by atoms with Crippen LogP contribution in [0.3, 0.4) is 0 Å². The molecule has 0 radical (unpaired) electrons. The zero-order chi connectivity index (χ0) is 14.0. The summed E-state index contributed by atoms with van der Waals surface area (Å²) in [6, 6.07) is 4.18. The highest BCUT2D eigenvalue weighted by Crippen LogP contribution is 2.28. The van der Waals surface area contributed by atoms with Crippen LogP contribution < -0.4 is 10.5 Å². The quantitative estimate of drug-likeness (QED) is 0.643. The van der Waals surface area contributed by atoms with Crippen molar-refractivity contribution in [3.8, 4) is 5.75 Å². The van der Waals surface area contributed by atoms with Gasteiger partial charge in [0.05, 0.1) is 12.0 Å². The number of carbonyl (C=O) groups excluding carboxylic acids is 1. The van der Waals surface area contributed by atoms with Crippen molar-refractivity contribution in [3.63, 3.8) is 0 Å². The van der Waals surface area contributed by atoms with Crippen LogP contribution in [0.15, 0.2) is 18.2 Å². The molecular weight excluding hydrogens is 250 g/mol. The van der Waals surface area contributed by atoms with Crippen LogP contribution in [0, 0.1) is 10.1 Å². The van der Waals surface area contributed by atoms with E-state index in [2.05, 4.69) is 0 Å². The summed E-state index contributed by atoms with van der Waals surface area (Å²) in [6.45, 7) is 1.07. The van der Waals surface area contributed by atoms with E-state index in [9.17, 15) is 14.9 Å². The predicted octanol–water partition coefficient (Wildman–Crippen LogP) is 0.777. The number of carbonyl (C=O) groups is 1. The van der Waals surface area contributed by atoms with Gasteiger partial charge in [-0.3, -0.25) is 14.9 Å². The fraction of sp³-hybridized carbons (Fsp3) is 0.417. The van der Waals surface area contributed by atoms with Gasteiger partial charge in [-0.15, -0.1) is 0 Å². The van der Waals surface area contributed by atoms with Gasteiger partial charge in [0.25, 0.3) is 5.91 Å². The second-order valence-electron chi connectivity index (χ2n) is 4.44. The Kier molecular flexibility index (Phi) is 3.66. The second kappa shape index (κ2) is 5.23. The molecule has 0 spiro atoms. The lowest BCUT2D eigenvalue weighted by Crippen LogP contribution is -2.31. The van der Waals surface area contributed by atoms with Gasteiger partial charge in [0.2, 0.25) is 0 Å². The number of nitro benzene ring substituents is 1. The first-order valence-corrected chi connectivity index (χ1v) is 5.90. The van der Waals surface area contributed by atoms with Gasteiger partial charge in [-0.1, -0.05) is 0 Å². The van der Waals surface area contributed by atoms with Crippen LogP contribution >= 0.6 is 0 Å². The van der Waals surface area contributed by atoms with Gasteiger partial charge in [0, 0.05) is 30.8 Å². The zero-order valence-corrected chi connectivity index (χ0v) is 10.5. The molecule has 1 heterocycles. The van der Waals surface area contributed by atoms with Crippen LogP contribution in [0.1, 0.15) is 16.8 Å². The van der Waals surface area contributed by atoms with E-state index in [4.69, 9.17) is 10.5 Å². The van der Waals surface area contributed by atoms with Gasteiger partial charge in [0.15, 0.2) is 5.75 Å². The molecule has 2 rings (SSSR count). The Hall–Kier alpha value is -2.15. The molecule has 7 heteroatoms. The molecular formula is C12H15N3O4. The maximum absolute atomic E-state index is 12.2. The van der Waals surface area contributed by atoms with Gasteiger partial charge < -0.3 is 15.4 Å². The third kappa shape index (κ3) is 2.65. The van der Waals surface area contributed by atoms with Gasteiger partial charge >= 0.3 is 5.69 Å². The summed E-state index contributed by atoms with van der Waals surface area (Å²) in [5.74, 6) is -0.0987. The molecule has 102 valence electrons. The highest BCUT2D eigenvalue weighted by atomic mass is 16.6. The standard InChI is InChI=1S/C12H15N3O4/c1-19-11-3-2-8(6-10(11)15(17)18)12(16)14-5-4-9(13)7-14/h2-3,6,9H,4-5,7,13H2,1H3. The first kappa shape index (κ1) is 13.3. The van der Waals surface area contributed by atoms with Crippen molar-refractivity contribution in [1.82, 2.24) is 4.90 Å². The number of nitrogens with two attached hydrogens (primary N) is 1. The molecule has 1 aliphatic heterocycles. The van der Waals surface area contributed by atoms with Crippen LogP contribution in [0.2, 0.25) is 0 Å². The summed E-state index contributed by atoms with van der Waals surface area (Å²) < 4.78 is 4.90. The minimum Gasteiger partial charge on any atom is -0.490 e. The number of rotatable bonds is 3. The summed E-state index contributed by atoms with van der Waals surface area (Å²) in [5, 5.41) is 10.9. The molecule has 7 nitrogen and oxygen atoms in total. The van der Waals surface area contributed by atoms with Crippen molar-refractivity contribution in [2.45, 2.75) is 12.5 Å². The van der Waals surface area contributed by atoms with Gasteiger partial charge in [-0.25, -0.2) is 0 Å². The Bertz CT molecular complexity index is 518. The van der Waals surface area contributed by atoms with Gasteiger partial charge in [-0.2, -0.15) is 0 Å². The number of hydrogen-bond donors (Lipinski definition) is 1. The summed E-state index contributed by atoms with van der Waals surface area (Å²) in [4.78, 5) is 24.1. The minimum absolute atomic E-state index is 0.0165. The van der Waals surface area contributed by atoms with Crippen molar-refractivity contribution in [1.29, 1.82) is 0 Å². The molecule has 1 saturated heterocycles. The number of likely N-dealkylation sites (tertiary alicyclic amines) is 1. The van der Waals surface area contributed by atoms with E-state index in [0.29, 0.717) is 13.1 Å². The second-order valence-corrected chi connectivity index (χ2v) is 4.44. The van der Waals surface area contributed by atoms with E-state index in [1.165, 1.54) is 25.3 Å². The molecule has 1 fully saturated rings. The number of nitrogens with zero attached hydrogens (tertiary/aromatic N) is 2. The molecule has 1 atom stereocenters. The maximum Gasteiger partial charge on any atom is 0.311 e. The SMILES string of the molecule is COc1ccc(C(=O)N2CCC(N)C2)cc1[N+](=O)[O-]. The highest BCUT2D eigenvalue weighted by Gasteiger charge is 2.26. The molecule has 19 heavy (non-hydrogen) atoms. The maximum atomic E-state index is 12.2. The Morgan fingerprint density at radius 1 is 1.58 bits per heavy atom. The van der Waals surface area contributed by atoms with E-state index >= 15 is 0 Å². The zero-order valence-electron chi connectivity index (χ0n) is 10.5. The number of nitro groups is 1. The van der Waals surface area contributed by atoms with E-state index in [1.807, 2.05) is 0 Å². The number of ether oxygens (including phenoxy) is 1. The summed E-state index contributed by atoms with van der Waals surface area (Å²) in [6.07, 6.45) is 0.754. The predicted molar refractivity (Wildman–Crippen MR) is 68.1 cm³/mol. The summed E-state index contributed by atoms with van der Waals surface area (Å²) in [5.41, 5.74) is 5.81. The molecule has 1 unspecified atom stereocenters. The van der Waals surface area contributed by atoms with Crippen LogP contribution in [0.25, 0.3) is 0 Å². The van der Waals surface area contributed by atoms with E-state index < -0.39 is 4.92 Å². The summed E-state index contributed by atoms with van der Waals surface area (Å²) in [7, 11) is 1.35. The average molecular weight is 265 g/mol. The van der Waals surface area contributed by atoms with Gasteiger partial charge in [0.1, 0.15) is 0 Å². The molecule has 1 amide bonds. The van der Waals surface area contributed by atoms with Crippen molar-refractivity contribution >= 4 is 11.6 Å². The lowest BCUT2D eigenvalue weighted by atomic mass is 10.1. The van der Waals surface area contributed by atoms with Crippen LogP contribution in [0.5, 0.6) is 5.75 Å². The normalized spacial score (nSPS) is 18.4. The molecule has 2 N–H and O–H groups in total. The third-order valence-corrected chi connectivity index (χ3v) is 3.13. The van der Waals surface area contributed by atoms with Crippen LogP contribution in [-0.2, 0) is 0 Å². The molecule has 1 aromatic rings. The Labute approximate surface area is 110 Å². The largest absolute Gasteiger partial charge is 0.490 e. The fourth-order valence-electron chi connectivity index (χ4n) is 2.12. The first-order chi connectivity index (χ1) is 9.02.